The summed E-state index contributed by atoms with van der Waals surface area (Å²) in [6.07, 6.45) is 1.91. The lowest BCUT2D eigenvalue weighted by molar-refractivity contribution is 0.144. The van der Waals surface area contributed by atoms with Crippen molar-refractivity contribution in [3.8, 4) is 5.88 Å². The predicted octanol–water partition coefficient (Wildman–Crippen LogP) is 2.31. The smallest absolute Gasteiger partial charge is 0.251 e. The highest BCUT2D eigenvalue weighted by atomic mass is 32.1. The van der Waals surface area contributed by atoms with E-state index in [-0.39, 0.29) is 12.1 Å². The molecule has 4 atom stereocenters. The fourth-order valence-electron chi connectivity index (χ4n) is 3.31. The van der Waals surface area contributed by atoms with Crippen molar-refractivity contribution >= 4 is 23.1 Å². The third-order valence-corrected chi connectivity index (χ3v) is 5.79. The van der Waals surface area contributed by atoms with Crippen molar-refractivity contribution in [2.24, 2.45) is 5.92 Å². The van der Waals surface area contributed by atoms with Crippen LogP contribution in [0.2, 0.25) is 0 Å². The van der Waals surface area contributed by atoms with Gasteiger partial charge in [-0.2, -0.15) is 4.37 Å². The van der Waals surface area contributed by atoms with Crippen molar-refractivity contribution in [1.82, 2.24) is 13.6 Å². The minimum atomic E-state index is -0.183. The first-order valence-corrected chi connectivity index (χ1v) is 8.82. The number of hydrogen-bond acceptors (Lipinski definition) is 7. The van der Waals surface area contributed by atoms with E-state index in [4.69, 9.17) is 4.74 Å². The average Bonchev–Trinajstić information content (AvgIpc) is 3.20. The molecule has 2 aliphatic rings. The maximum absolute atomic E-state index is 10.0. The van der Waals surface area contributed by atoms with Crippen LogP contribution in [0.3, 0.4) is 0 Å². The lowest BCUT2D eigenvalue weighted by Crippen LogP contribution is -2.31. The fourth-order valence-corrected chi connectivity index (χ4v) is 4.48. The van der Waals surface area contributed by atoms with Crippen LogP contribution in [0, 0.1) is 5.92 Å². The lowest BCUT2D eigenvalue weighted by Gasteiger charge is -2.30. The molecule has 0 saturated carbocycles. The molecule has 2 bridgehead atoms. The molecule has 0 aliphatic carbocycles. The van der Waals surface area contributed by atoms with Gasteiger partial charge < -0.3 is 9.84 Å². The number of aromatic nitrogens is 2. The van der Waals surface area contributed by atoms with Crippen LogP contribution in [0.1, 0.15) is 29.5 Å². The van der Waals surface area contributed by atoms with Crippen LogP contribution in [0.4, 0.5) is 0 Å². The van der Waals surface area contributed by atoms with Gasteiger partial charge in [-0.1, -0.05) is 6.07 Å². The third kappa shape index (κ3) is 2.59. The summed E-state index contributed by atoms with van der Waals surface area (Å²) in [5, 5.41) is 12.1. The highest BCUT2D eigenvalue weighted by molar-refractivity contribution is 7.09. The number of thiophene rings is 1. The monoisotopic (exact) mass is 323 g/mol. The van der Waals surface area contributed by atoms with Crippen molar-refractivity contribution in [2.75, 3.05) is 13.1 Å². The van der Waals surface area contributed by atoms with E-state index in [1.54, 1.807) is 11.3 Å². The molecule has 2 fully saturated rings. The Balaban J connectivity index is 1.49. The molecule has 0 aromatic carbocycles. The van der Waals surface area contributed by atoms with Crippen molar-refractivity contribution in [1.29, 1.82) is 0 Å². The molecule has 2 aromatic heterocycles. The molecule has 2 aromatic rings. The SMILES string of the molecule is OC1CN2CC1CCC2c1nsnc1OCc1cccs1. The molecule has 4 heterocycles. The molecular formula is C14H17N3O2S2. The van der Waals surface area contributed by atoms with E-state index in [2.05, 4.69) is 19.7 Å². The number of piperidine rings is 1. The Hall–Kier alpha value is -1.02. The van der Waals surface area contributed by atoms with Gasteiger partial charge in [0.1, 0.15) is 12.3 Å². The Morgan fingerprint density at radius 1 is 1.33 bits per heavy atom. The molecule has 2 aliphatic heterocycles. The molecule has 112 valence electrons. The lowest BCUT2D eigenvalue weighted by atomic mass is 9.93. The molecule has 4 unspecified atom stereocenters. The van der Waals surface area contributed by atoms with Crippen LogP contribution >= 0.6 is 23.1 Å². The molecule has 21 heavy (non-hydrogen) atoms. The molecule has 0 radical (unpaired) electrons. The zero-order valence-corrected chi connectivity index (χ0v) is 13.1. The van der Waals surface area contributed by atoms with Gasteiger partial charge in [0.05, 0.1) is 23.9 Å². The van der Waals surface area contributed by atoms with Gasteiger partial charge in [0.25, 0.3) is 5.88 Å². The number of fused-ring (bicyclic) bond motifs is 2. The van der Waals surface area contributed by atoms with Crippen LogP contribution < -0.4 is 4.74 Å². The average molecular weight is 323 g/mol. The van der Waals surface area contributed by atoms with Gasteiger partial charge in [0.15, 0.2) is 0 Å². The third-order valence-electron chi connectivity index (χ3n) is 4.42. The van der Waals surface area contributed by atoms with Gasteiger partial charge in [-0.15, -0.1) is 15.7 Å². The Morgan fingerprint density at radius 2 is 2.29 bits per heavy atom. The summed E-state index contributed by atoms with van der Waals surface area (Å²) in [6.45, 7) is 2.26. The summed E-state index contributed by atoms with van der Waals surface area (Å²) in [7, 11) is 0. The Bertz CT molecular complexity index is 599. The summed E-state index contributed by atoms with van der Waals surface area (Å²) in [5.74, 6) is 1.10. The van der Waals surface area contributed by atoms with Crippen molar-refractivity contribution < 1.29 is 9.84 Å². The summed E-state index contributed by atoms with van der Waals surface area (Å²) in [5.41, 5.74) is 0.948. The van der Waals surface area contributed by atoms with Gasteiger partial charge >= 0.3 is 0 Å². The van der Waals surface area contributed by atoms with Crippen molar-refractivity contribution in [3.05, 3.63) is 28.1 Å². The zero-order chi connectivity index (χ0) is 14.2. The van der Waals surface area contributed by atoms with Crippen LogP contribution in [0.15, 0.2) is 17.5 Å². The number of aliphatic hydroxyl groups excluding tert-OH is 1. The minimum absolute atomic E-state index is 0.183. The first-order chi connectivity index (χ1) is 10.3. The van der Waals surface area contributed by atoms with Crippen LogP contribution in [0.5, 0.6) is 5.88 Å². The maximum Gasteiger partial charge on any atom is 0.251 e. The molecule has 0 spiro atoms. The largest absolute Gasteiger partial charge is 0.470 e. The van der Waals surface area contributed by atoms with E-state index < -0.39 is 0 Å². The Kier molecular flexibility index (Phi) is 3.66. The maximum atomic E-state index is 10.0. The summed E-state index contributed by atoms with van der Waals surface area (Å²) in [6, 6.07) is 4.33. The van der Waals surface area contributed by atoms with E-state index in [9.17, 15) is 5.11 Å². The first kappa shape index (κ1) is 13.6. The molecule has 0 amide bonds. The summed E-state index contributed by atoms with van der Waals surface area (Å²) < 4.78 is 14.6. The number of nitrogens with zero attached hydrogens (tertiary/aromatic N) is 3. The van der Waals surface area contributed by atoms with Gasteiger partial charge in [0.2, 0.25) is 0 Å². The van der Waals surface area contributed by atoms with Crippen LogP contribution in [-0.2, 0) is 6.61 Å². The minimum Gasteiger partial charge on any atom is -0.470 e. The Morgan fingerprint density at radius 3 is 3.14 bits per heavy atom. The van der Waals surface area contributed by atoms with E-state index >= 15 is 0 Å². The molecule has 5 nitrogen and oxygen atoms in total. The van der Waals surface area contributed by atoms with E-state index in [1.165, 1.54) is 16.6 Å². The highest BCUT2D eigenvalue weighted by Gasteiger charge is 2.42. The van der Waals surface area contributed by atoms with Crippen molar-refractivity contribution in [3.63, 3.8) is 0 Å². The summed E-state index contributed by atoms with van der Waals surface area (Å²) >= 11 is 2.90. The Labute approximate surface area is 131 Å². The van der Waals surface area contributed by atoms with Crippen LogP contribution in [0.25, 0.3) is 0 Å². The summed E-state index contributed by atoms with van der Waals surface area (Å²) in [4.78, 5) is 3.52. The van der Waals surface area contributed by atoms with Crippen molar-refractivity contribution in [2.45, 2.75) is 31.6 Å². The molecular weight excluding hydrogens is 306 g/mol. The molecule has 4 rings (SSSR count). The van der Waals surface area contributed by atoms with E-state index in [1.807, 2.05) is 11.4 Å². The molecule has 1 N–H and O–H groups in total. The number of hydrogen-bond donors (Lipinski definition) is 1. The molecule has 2 saturated heterocycles. The number of rotatable bonds is 4. The fraction of sp³-hybridized carbons (Fsp3) is 0.571. The quantitative estimate of drug-likeness (QED) is 0.935. The first-order valence-electron chi connectivity index (χ1n) is 7.21. The normalized spacial score (nSPS) is 31.5. The van der Waals surface area contributed by atoms with Gasteiger partial charge in [-0.05, 0) is 30.2 Å². The second kappa shape index (κ2) is 5.64. The second-order valence-corrected chi connectivity index (χ2v) is 7.26. The highest BCUT2D eigenvalue weighted by Crippen LogP contribution is 2.41. The van der Waals surface area contributed by atoms with Gasteiger partial charge in [-0.3, -0.25) is 4.90 Å². The number of aliphatic hydroxyl groups is 1. The van der Waals surface area contributed by atoms with Gasteiger partial charge in [0, 0.05) is 18.0 Å². The second-order valence-electron chi connectivity index (χ2n) is 5.70. The zero-order valence-electron chi connectivity index (χ0n) is 11.5. The standard InChI is InChI=1S/C14H17N3O2S2/c18-12-7-17-6-9(12)3-4-11(17)13-14(16-21-15-13)19-8-10-2-1-5-20-10/h1-2,5,9,11-12,18H,3-4,6-8H2. The molecule has 7 heteroatoms. The predicted molar refractivity (Wildman–Crippen MR) is 81.6 cm³/mol. The number of ether oxygens (including phenoxy) is 1. The van der Waals surface area contributed by atoms with E-state index in [0.717, 1.165) is 31.6 Å². The van der Waals surface area contributed by atoms with Gasteiger partial charge in [-0.25, -0.2) is 0 Å². The van der Waals surface area contributed by atoms with Crippen LogP contribution in [-0.4, -0.2) is 37.9 Å². The van der Waals surface area contributed by atoms with E-state index in [0.29, 0.717) is 18.4 Å². The topological polar surface area (TPSA) is 58.5 Å².